The quantitative estimate of drug-likeness (QED) is 0.846. The number of benzene rings is 1. The van der Waals surface area contributed by atoms with E-state index in [1.54, 1.807) is 4.90 Å². The van der Waals surface area contributed by atoms with E-state index in [0.717, 1.165) is 25.8 Å². The van der Waals surface area contributed by atoms with Gasteiger partial charge in [-0.2, -0.15) is 0 Å². The van der Waals surface area contributed by atoms with Gasteiger partial charge in [-0.15, -0.1) is 0 Å². The van der Waals surface area contributed by atoms with Crippen LogP contribution in [0, 0.1) is 11.6 Å². The van der Waals surface area contributed by atoms with Crippen LogP contribution in [0.25, 0.3) is 0 Å². The molecule has 2 unspecified atom stereocenters. The van der Waals surface area contributed by atoms with Gasteiger partial charge in [0.05, 0.1) is 12.2 Å². The zero-order valence-corrected chi connectivity index (χ0v) is 12.4. The molecule has 0 aliphatic carbocycles. The van der Waals surface area contributed by atoms with Crippen molar-refractivity contribution in [2.75, 3.05) is 24.5 Å². The fourth-order valence-electron chi connectivity index (χ4n) is 3.23. The van der Waals surface area contributed by atoms with Crippen LogP contribution >= 0.6 is 0 Å². The average Bonchev–Trinajstić information content (AvgIpc) is 2.77. The molecule has 2 atom stereocenters. The minimum Gasteiger partial charge on any atom is -0.371 e. The molecule has 3 nitrogen and oxygen atoms in total. The lowest BCUT2D eigenvalue weighted by Crippen LogP contribution is -2.43. The summed E-state index contributed by atoms with van der Waals surface area (Å²) in [5.74, 6) is -0.936. The maximum Gasteiger partial charge on any atom is 0.149 e. The first-order chi connectivity index (χ1) is 10.2. The highest BCUT2D eigenvalue weighted by atomic mass is 19.1. The van der Waals surface area contributed by atoms with Gasteiger partial charge in [0.1, 0.15) is 17.3 Å². The fraction of sp³-hybridized carbons (Fsp3) is 0.625. The Morgan fingerprint density at radius 2 is 1.81 bits per heavy atom. The highest BCUT2D eigenvalue weighted by molar-refractivity contribution is 5.51. The lowest BCUT2D eigenvalue weighted by molar-refractivity contribution is 0.0300. The monoisotopic (exact) mass is 296 g/mol. The lowest BCUT2D eigenvalue weighted by atomic mass is 10.1. The van der Waals surface area contributed by atoms with Crippen molar-refractivity contribution in [1.29, 1.82) is 0 Å². The summed E-state index contributed by atoms with van der Waals surface area (Å²) in [6, 6.07) is 2.89. The largest absolute Gasteiger partial charge is 0.371 e. The van der Waals surface area contributed by atoms with E-state index >= 15 is 0 Å². The number of halogens is 2. The minimum atomic E-state index is -0.468. The number of anilines is 1. The summed E-state index contributed by atoms with van der Waals surface area (Å²) in [6.07, 6.45) is 3.22. The average molecular weight is 296 g/mol. The van der Waals surface area contributed by atoms with Gasteiger partial charge in [-0.05, 0) is 43.5 Å². The van der Waals surface area contributed by atoms with Gasteiger partial charge in [0.2, 0.25) is 0 Å². The number of ether oxygens (including phenoxy) is 1. The molecule has 0 radical (unpaired) electrons. The van der Waals surface area contributed by atoms with Crippen LogP contribution in [0.2, 0.25) is 0 Å². The SMILES string of the molecule is CCCNCc1cc(F)c(N2CC3CCC(C2)O3)c(F)c1. The molecule has 2 saturated heterocycles. The fourth-order valence-corrected chi connectivity index (χ4v) is 3.23. The predicted octanol–water partition coefficient (Wildman–Crippen LogP) is 2.83. The molecular weight excluding hydrogens is 274 g/mol. The molecule has 3 rings (SSSR count). The van der Waals surface area contributed by atoms with Crippen molar-refractivity contribution in [3.8, 4) is 0 Å². The summed E-state index contributed by atoms with van der Waals surface area (Å²) in [5, 5.41) is 3.16. The zero-order chi connectivity index (χ0) is 14.8. The van der Waals surface area contributed by atoms with Gasteiger partial charge < -0.3 is 15.0 Å². The van der Waals surface area contributed by atoms with E-state index in [1.807, 2.05) is 0 Å². The van der Waals surface area contributed by atoms with E-state index in [2.05, 4.69) is 12.2 Å². The predicted molar refractivity (Wildman–Crippen MR) is 78.5 cm³/mol. The molecule has 1 aromatic rings. The molecule has 2 heterocycles. The first-order valence-corrected chi connectivity index (χ1v) is 7.76. The van der Waals surface area contributed by atoms with Crippen molar-refractivity contribution in [3.63, 3.8) is 0 Å². The molecular formula is C16H22F2N2O. The van der Waals surface area contributed by atoms with Crippen molar-refractivity contribution in [2.24, 2.45) is 0 Å². The van der Waals surface area contributed by atoms with Gasteiger partial charge >= 0.3 is 0 Å². The molecule has 0 amide bonds. The molecule has 2 aliphatic rings. The Bertz CT molecular complexity index is 474. The van der Waals surface area contributed by atoms with E-state index in [9.17, 15) is 8.78 Å². The van der Waals surface area contributed by atoms with Crippen LogP contribution < -0.4 is 10.2 Å². The third-order valence-electron chi connectivity index (χ3n) is 4.19. The molecule has 2 bridgehead atoms. The van der Waals surface area contributed by atoms with Crippen LogP contribution in [-0.4, -0.2) is 31.8 Å². The third kappa shape index (κ3) is 3.19. The Kier molecular flexibility index (Phi) is 4.40. The lowest BCUT2D eigenvalue weighted by Gasteiger charge is -2.34. The van der Waals surface area contributed by atoms with Gasteiger partial charge in [0, 0.05) is 19.6 Å². The number of hydrogen-bond donors (Lipinski definition) is 1. The molecule has 1 N–H and O–H groups in total. The summed E-state index contributed by atoms with van der Waals surface area (Å²) >= 11 is 0. The van der Waals surface area contributed by atoms with E-state index in [4.69, 9.17) is 4.74 Å². The van der Waals surface area contributed by atoms with Crippen LogP contribution in [-0.2, 0) is 11.3 Å². The number of nitrogens with zero attached hydrogens (tertiary/aromatic N) is 1. The molecule has 2 aliphatic heterocycles. The molecule has 0 spiro atoms. The normalized spacial score (nSPS) is 24.6. The number of hydrogen-bond acceptors (Lipinski definition) is 3. The van der Waals surface area contributed by atoms with Crippen molar-refractivity contribution in [1.82, 2.24) is 5.32 Å². The van der Waals surface area contributed by atoms with Crippen LogP contribution in [0.1, 0.15) is 31.7 Å². The second-order valence-corrected chi connectivity index (χ2v) is 5.95. The van der Waals surface area contributed by atoms with Crippen molar-refractivity contribution in [2.45, 2.75) is 44.9 Å². The van der Waals surface area contributed by atoms with E-state index in [1.165, 1.54) is 12.1 Å². The third-order valence-corrected chi connectivity index (χ3v) is 4.19. The van der Waals surface area contributed by atoms with E-state index in [0.29, 0.717) is 25.2 Å². The first kappa shape index (κ1) is 14.7. The first-order valence-electron chi connectivity index (χ1n) is 7.76. The summed E-state index contributed by atoms with van der Waals surface area (Å²) < 4.78 is 34.4. The van der Waals surface area contributed by atoms with Gasteiger partial charge in [0.15, 0.2) is 0 Å². The van der Waals surface area contributed by atoms with Crippen molar-refractivity contribution in [3.05, 3.63) is 29.3 Å². The molecule has 1 aromatic carbocycles. The second-order valence-electron chi connectivity index (χ2n) is 5.95. The second kappa shape index (κ2) is 6.28. The minimum absolute atomic E-state index is 0.106. The van der Waals surface area contributed by atoms with E-state index in [-0.39, 0.29) is 17.9 Å². The number of rotatable bonds is 5. The molecule has 116 valence electrons. The molecule has 21 heavy (non-hydrogen) atoms. The Hall–Kier alpha value is -1.20. The summed E-state index contributed by atoms with van der Waals surface area (Å²) in [6.45, 7) is 4.56. The van der Waals surface area contributed by atoms with Crippen molar-refractivity contribution >= 4 is 5.69 Å². The van der Waals surface area contributed by atoms with Crippen molar-refractivity contribution < 1.29 is 13.5 Å². The van der Waals surface area contributed by atoms with Crippen LogP contribution in [0.3, 0.4) is 0 Å². The Morgan fingerprint density at radius 3 is 2.38 bits per heavy atom. The van der Waals surface area contributed by atoms with E-state index < -0.39 is 11.6 Å². The highest BCUT2D eigenvalue weighted by Crippen LogP contribution is 2.33. The molecule has 5 heteroatoms. The molecule has 2 fully saturated rings. The maximum absolute atomic E-state index is 14.3. The Morgan fingerprint density at radius 1 is 1.19 bits per heavy atom. The number of morpholine rings is 1. The van der Waals surface area contributed by atoms with Crippen LogP contribution in [0.15, 0.2) is 12.1 Å². The smallest absolute Gasteiger partial charge is 0.149 e. The summed E-state index contributed by atoms with van der Waals surface area (Å²) in [5.41, 5.74) is 0.757. The van der Waals surface area contributed by atoms with Crippen LogP contribution in [0.4, 0.5) is 14.5 Å². The molecule has 0 aromatic heterocycles. The maximum atomic E-state index is 14.3. The number of fused-ring (bicyclic) bond motifs is 2. The van der Waals surface area contributed by atoms with Gasteiger partial charge in [-0.3, -0.25) is 0 Å². The van der Waals surface area contributed by atoms with Gasteiger partial charge in [-0.25, -0.2) is 8.78 Å². The Balaban J connectivity index is 1.76. The number of nitrogens with one attached hydrogen (secondary N) is 1. The zero-order valence-electron chi connectivity index (χ0n) is 12.4. The summed E-state index contributed by atoms with van der Waals surface area (Å²) in [7, 11) is 0. The summed E-state index contributed by atoms with van der Waals surface area (Å²) in [4.78, 5) is 1.81. The Labute approximate surface area is 124 Å². The van der Waals surface area contributed by atoms with Crippen LogP contribution in [0.5, 0.6) is 0 Å². The van der Waals surface area contributed by atoms with Gasteiger partial charge in [-0.1, -0.05) is 6.92 Å². The highest BCUT2D eigenvalue weighted by Gasteiger charge is 2.35. The standard InChI is InChI=1S/C16H22F2N2O/c1-2-5-19-8-11-6-14(17)16(15(18)7-11)20-9-12-3-4-13(10-20)21-12/h6-7,12-13,19H,2-5,8-10H2,1H3. The topological polar surface area (TPSA) is 24.5 Å². The molecule has 0 saturated carbocycles. The van der Waals surface area contributed by atoms with Gasteiger partial charge in [0.25, 0.3) is 0 Å².